The number of rotatable bonds is 17. The van der Waals surface area contributed by atoms with Crippen LogP contribution in [0.4, 0.5) is 0 Å². The Morgan fingerprint density at radius 1 is 0.583 bits per heavy atom. The van der Waals surface area contributed by atoms with Gasteiger partial charge in [-0.3, -0.25) is 0 Å². The molecule has 0 fully saturated rings. The van der Waals surface area contributed by atoms with Crippen molar-refractivity contribution in [2.24, 2.45) is 0 Å². The van der Waals surface area contributed by atoms with Crippen molar-refractivity contribution >= 4 is 0 Å². The third-order valence-electron chi connectivity index (χ3n) is 4.87. The van der Waals surface area contributed by atoms with Gasteiger partial charge >= 0.3 is 0 Å². The maximum Gasteiger partial charge on any atom is -0.00457 e. The predicted octanol–water partition coefficient (Wildman–Crippen LogP) is 6.91. The molecular formula is C23H41N. The van der Waals surface area contributed by atoms with Gasteiger partial charge in [-0.1, -0.05) is 108 Å². The summed E-state index contributed by atoms with van der Waals surface area (Å²) in [5.74, 6) is 0. The van der Waals surface area contributed by atoms with Crippen molar-refractivity contribution in [1.82, 2.24) is 5.32 Å². The molecule has 1 aromatic carbocycles. The summed E-state index contributed by atoms with van der Waals surface area (Å²) in [7, 11) is 0. The molecular weight excluding hydrogens is 290 g/mol. The minimum absolute atomic E-state index is 1.16. The van der Waals surface area contributed by atoms with Gasteiger partial charge in [-0.05, 0) is 37.9 Å². The highest BCUT2D eigenvalue weighted by Crippen LogP contribution is 2.11. The van der Waals surface area contributed by atoms with Crippen molar-refractivity contribution in [1.29, 1.82) is 0 Å². The van der Waals surface area contributed by atoms with Crippen LogP contribution in [0.5, 0.6) is 0 Å². The summed E-state index contributed by atoms with van der Waals surface area (Å²) >= 11 is 0. The SMILES string of the molecule is CCCCCCCCCCCCCCNCCCc1ccccc1. The van der Waals surface area contributed by atoms with E-state index in [1.165, 1.54) is 102 Å². The molecule has 0 saturated carbocycles. The van der Waals surface area contributed by atoms with Crippen LogP contribution in [0, 0.1) is 0 Å². The van der Waals surface area contributed by atoms with Crippen LogP contribution >= 0.6 is 0 Å². The summed E-state index contributed by atoms with van der Waals surface area (Å²) in [6.45, 7) is 4.65. The van der Waals surface area contributed by atoms with Gasteiger partial charge in [-0.2, -0.15) is 0 Å². The Bertz CT molecular complexity index is 346. The molecule has 0 aliphatic carbocycles. The molecule has 0 radical (unpaired) electrons. The van der Waals surface area contributed by atoms with Crippen molar-refractivity contribution in [3.8, 4) is 0 Å². The van der Waals surface area contributed by atoms with E-state index in [-0.39, 0.29) is 0 Å². The van der Waals surface area contributed by atoms with Crippen LogP contribution in [-0.4, -0.2) is 13.1 Å². The summed E-state index contributed by atoms with van der Waals surface area (Å²) in [6, 6.07) is 10.8. The highest BCUT2D eigenvalue weighted by molar-refractivity contribution is 5.14. The number of hydrogen-bond acceptors (Lipinski definition) is 1. The van der Waals surface area contributed by atoms with Gasteiger partial charge < -0.3 is 5.32 Å². The van der Waals surface area contributed by atoms with Crippen LogP contribution in [0.3, 0.4) is 0 Å². The Morgan fingerprint density at radius 3 is 1.67 bits per heavy atom. The smallest absolute Gasteiger partial charge is 0.00457 e. The topological polar surface area (TPSA) is 12.0 Å². The second kappa shape index (κ2) is 17.0. The van der Waals surface area contributed by atoms with Gasteiger partial charge in [-0.15, -0.1) is 0 Å². The lowest BCUT2D eigenvalue weighted by molar-refractivity contribution is 0.534. The van der Waals surface area contributed by atoms with Gasteiger partial charge in [-0.25, -0.2) is 0 Å². The average Bonchev–Trinajstić information content (AvgIpc) is 2.62. The molecule has 0 aromatic heterocycles. The first-order valence-electron chi connectivity index (χ1n) is 10.7. The van der Waals surface area contributed by atoms with E-state index in [1.54, 1.807) is 0 Å². The van der Waals surface area contributed by atoms with Crippen LogP contribution < -0.4 is 5.32 Å². The van der Waals surface area contributed by atoms with Crippen LogP contribution in [0.15, 0.2) is 30.3 Å². The number of hydrogen-bond donors (Lipinski definition) is 1. The predicted molar refractivity (Wildman–Crippen MR) is 109 cm³/mol. The Balaban J connectivity index is 1.70. The first kappa shape index (κ1) is 21.2. The molecule has 1 rings (SSSR count). The first-order chi connectivity index (χ1) is 11.9. The molecule has 0 aliphatic rings. The molecule has 0 saturated heterocycles. The minimum Gasteiger partial charge on any atom is -0.317 e. The zero-order chi connectivity index (χ0) is 17.1. The highest BCUT2D eigenvalue weighted by Gasteiger charge is 1.94. The quantitative estimate of drug-likeness (QED) is 0.306. The zero-order valence-corrected chi connectivity index (χ0v) is 16.2. The average molecular weight is 332 g/mol. The van der Waals surface area contributed by atoms with E-state index in [9.17, 15) is 0 Å². The second-order valence-electron chi connectivity index (χ2n) is 7.23. The molecule has 24 heavy (non-hydrogen) atoms. The molecule has 138 valence electrons. The van der Waals surface area contributed by atoms with Crippen LogP contribution in [0.1, 0.15) is 96.0 Å². The van der Waals surface area contributed by atoms with E-state index >= 15 is 0 Å². The van der Waals surface area contributed by atoms with Crippen molar-refractivity contribution in [3.05, 3.63) is 35.9 Å². The first-order valence-corrected chi connectivity index (χ1v) is 10.7. The molecule has 0 atom stereocenters. The van der Waals surface area contributed by atoms with Crippen LogP contribution in [-0.2, 0) is 6.42 Å². The number of nitrogens with one attached hydrogen (secondary N) is 1. The van der Waals surface area contributed by atoms with Crippen molar-refractivity contribution in [2.75, 3.05) is 13.1 Å². The molecule has 0 bridgehead atoms. The van der Waals surface area contributed by atoms with Crippen LogP contribution in [0.2, 0.25) is 0 Å². The van der Waals surface area contributed by atoms with E-state index in [0.29, 0.717) is 0 Å². The third kappa shape index (κ3) is 13.6. The van der Waals surface area contributed by atoms with Crippen molar-refractivity contribution < 1.29 is 0 Å². The van der Waals surface area contributed by atoms with E-state index in [1.807, 2.05) is 0 Å². The lowest BCUT2D eigenvalue weighted by Gasteiger charge is -2.05. The summed E-state index contributed by atoms with van der Waals surface area (Å²) in [5, 5.41) is 3.59. The lowest BCUT2D eigenvalue weighted by atomic mass is 10.1. The molecule has 0 heterocycles. The monoisotopic (exact) mass is 331 g/mol. The number of unbranched alkanes of at least 4 members (excludes halogenated alkanes) is 11. The van der Waals surface area contributed by atoms with E-state index in [0.717, 1.165) is 6.54 Å². The van der Waals surface area contributed by atoms with Gasteiger partial charge in [0.05, 0.1) is 0 Å². The van der Waals surface area contributed by atoms with E-state index in [2.05, 4.69) is 42.6 Å². The maximum absolute atomic E-state index is 3.59. The van der Waals surface area contributed by atoms with Crippen molar-refractivity contribution in [2.45, 2.75) is 96.8 Å². The normalized spacial score (nSPS) is 11.0. The molecule has 1 N–H and O–H groups in total. The molecule has 1 heteroatoms. The van der Waals surface area contributed by atoms with E-state index < -0.39 is 0 Å². The zero-order valence-electron chi connectivity index (χ0n) is 16.2. The van der Waals surface area contributed by atoms with Crippen molar-refractivity contribution in [3.63, 3.8) is 0 Å². The highest BCUT2D eigenvalue weighted by atomic mass is 14.8. The molecule has 1 nitrogen and oxygen atoms in total. The molecule has 0 amide bonds. The van der Waals surface area contributed by atoms with Gasteiger partial charge in [0.15, 0.2) is 0 Å². The summed E-state index contributed by atoms with van der Waals surface area (Å²) in [6.07, 6.45) is 19.6. The minimum atomic E-state index is 1.16. The number of aryl methyl sites for hydroxylation is 1. The molecule has 0 unspecified atom stereocenters. The Morgan fingerprint density at radius 2 is 1.08 bits per heavy atom. The second-order valence-corrected chi connectivity index (χ2v) is 7.23. The van der Waals surface area contributed by atoms with Gasteiger partial charge in [0.1, 0.15) is 0 Å². The molecule has 0 aliphatic heterocycles. The fourth-order valence-corrected chi connectivity index (χ4v) is 3.28. The Labute approximate surface area is 151 Å². The van der Waals surface area contributed by atoms with Gasteiger partial charge in [0.2, 0.25) is 0 Å². The maximum atomic E-state index is 3.59. The summed E-state index contributed by atoms with van der Waals surface area (Å²) < 4.78 is 0. The molecule has 0 spiro atoms. The largest absolute Gasteiger partial charge is 0.317 e. The fraction of sp³-hybridized carbons (Fsp3) is 0.739. The lowest BCUT2D eigenvalue weighted by Crippen LogP contribution is -2.17. The molecule has 1 aromatic rings. The summed E-state index contributed by atoms with van der Waals surface area (Å²) in [5.41, 5.74) is 1.46. The van der Waals surface area contributed by atoms with E-state index in [4.69, 9.17) is 0 Å². The Hall–Kier alpha value is -0.820. The fourth-order valence-electron chi connectivity index (χ4n) is 3.28. The summed E-state index contributed by atoms with van der Waals surface area (Å²) in [4.78, 5) is 0. The number of benzene rings is 1. The van der Waals surface area contributed by atoms with Gasteiger partial charge in [0, 0.05) is 0 Å². The van der Waals surface area contributed by atoms with Gasteiger partial charge in [0.25, 0.3) is 0 Å². The Kier molecular flexibility index (Phi) is 15.0. The van der Waals surface area contributed by atoms with Crippen LogP contribution in [0.25, 0.3) is 0 Å². The standard InChI is InChI=1S/C23H41N/c1-2-3-4-5-6-7-8-9-10-11-12-16-21-24-22-17-20-23-18-14-13-15-19-23/h13-15,18-19,24H,2-12,16-17,20-22H2,1H3. The third-order valence-corrected chi connectivity index (χ3v) is 4.87.